The number of hydrogen-bond acceptors (Lipinski definition) is 4. The Morgan fingerprint density at radius 3 is 2.67 bits per heavy atom. The molecular weight excluding hydrogens is 264 g/mol. The number of hydrazine groups is 1. The first kappa shape index (κ1) is 17.2. The zero-order chi connectivity index (χ0) is 15.1. The molecule has 3 atom stereocenters. The highest BCUT2D eigenvalue weighted by molar-refractivity contribution is 4.94. The molecule has 124 valence electrons. The zero-order valence-corrected chi connectivity index (χ0v) is 13.9. The summed E-state index contributed by atoms with van der Waals surface area (Å²) in [5.74, 6) is 6.49. The minimum absolute atomic E-state index is 0.138. The molecule has 3 unspecified atom stereocenters. The molecule has 21 heavy (non-hydrogen) atoms. The third-order valence-electron chi connectivity index (χ3n) is 5.35. The van der Waals surface area contributed by atoms with Crippen molar-refractivity contribution in [3.8, 4) is 0 Å². The highest BCUT2D eigenvalue weighted by atomic mass is 16.5. The Labute approximate surface area is 130 Å². The van der Waals surface area contributed by atoms with Gasteiger partial charge in [-0.2, -0.15) is 0 Å². The SMILES string of the molecule is CCCC(OCC)C(NN)C1CCOC2(CCCCC2)C1. The molecule has 2 aliphatic rings. The molecule has 1 aliphatic heterocycles. The highest BCUT2D eigenvalue weighted by Crippen LogP contribution is 2.42. The van der Waals surface area contributed by atoms with Gasteiger partial charge in [0, 0.05) is 13.2 Å². The monoisotopic (exact) mass is 298 g/mol. The van der Waals surface area contributed by atoms with Crippen molar-refractivity contribution < 1.29 is 9.47 Å². The van der Waals surface area contributed by atoms with Gasteiger partial charge in [0.25, 0.3) is 0 Å². The molecule has 0 amide bonds. The van der Waals surface area contributed by atoms with E-state index < -0.39 is 0 Å². The number of ether oxygens (including phenoxy) is 2. The molecule has 1 aliphatic carbocycles. The van der Waals surface area contributed by atoms with E-state index in [0.29, 0.717) is 5.92 Å². The maximum absolute atomic E-state index is 6.22. The summed E-state index contributed by atoms with van der Waals surface area (Å²) >= 11 is 0. The van der Waals surface area contributed by atoms with Crippen LogP contribution < -0.4 is 11.3 Å². The molecule has 2 rings (SSSR count). The average Bonchev–Trinajstić information content (AvgIpc) is 2.49. The molecule has 3 N–H and O–H groups in total. The van der Waals surface area contributed by atoms with E-state index in [4.69, 9.17) is 15.3 Å². The lowest BCUT2D eigenvalue weighted by molar-refractivity contribution is -0.130. The van der Waals surface area contributed by atoms with Crippen molar-refractivity contribution in [2.24, 2.45) is 11.8 Å². The largest absolute Gasteiger partial charge is 0.377 e. The topological polar surface area (TPSA) is 56.5 Å². The zero-order valence-electron chi connectivity index (χ0n) is 13.9. The molecule has 1 saturated carbocycles. The van der Waals surface area contributed by atoms with Gasteiger partial charge in [-0.3, -0.25) is 11.3 Å². The van der Waals surface area contributed by atoms with E-state index in [2.05, 4.69) is 19.3 Å². The van der Waals surface area contributed by atoms with Crippen molar-refractivity contribution in [2.75, 3.05) is 13.2 Å². The van der Waals surface area contributed by atoms with E-state index in [-0.39, 0.29) is 17.7 Å². The molecule has 2 fully saturated rings. The molecule has 1 heterocycles. The third-order valence-corrected chi connectivity index (χ3v) is 5.35. The Morgan fingerprint density at radius 2 is 2.05 bits per heavy atom. The van der Waals surface area contributed by atoms with E-state index in [1.54, 1.807) is 0 Å². The van der Waals surface area contributed by atoms with Gasteiger partial charge in [0.2, 0.25) is 0 Å². The molecule has 0 radical (unpaired) electrons. The van der Waals surface area contributed by atoms with Crippen LogP contribution in [0, 0.1) is 5.92 Å². The maximum atomic E-state index is 6.22. The minimum atomic E-state index is 0.138. The highest BCUT2D eigenvalue weighted by Gasteiger charge is 2.42. The Kier molecular flexibility index (Phi) is 6.93. The Bertz CT molecular complexity index is 281. The van der Waals surface area contributed by atoms with Crippen molar-refractivity contribution in [3.05, 3.63) is 0 Å². The summed E-state index contributed by atoms with van der Waals surface area (Å²) < 4.78 is 12.2. The van der Waals surface area contributed by atoms with E-state index in [9.17, 15) is 0 Å². The van der Waals surface area contributed by atoms with Gasteiger partial charge in [0.15, 0.2) is 0 Å². The Morgan fingerprint density at radius 1 is 1.29 bits per heavy atom. The van der Waals surface area contributed by atoms with Crippen molar-refractivity contribution in [2.45, 2.75) is 89.4 Å². The molecular formula is C17H34N2O2. The van der Waals surface area contributed by atoms with Gasteiger partial charge in [-0.05, 0) is 44.9 Å². The number of nitrogens with one attached hydrogen (secondary N) is 1. The second-order valence-corrected chi connectivity index (χ2v) is 6.82. The van der Waals surface area contributed by atoms with Crippen LogP contribution in [0.2, 0.25) is 0 Å². The molecule has 0 aromatic carbocycles. The predicted octanol–water partition coefficient (Wildman–Crippen LogP) is 3.15. The van der Waals surface area contributed by atoms with Gasteiger partial charge in [0.05, 0.1) is 17.7 Å². The smallest absolute Gasteiger partial charge is 0.0743 e. The van der Waals surface area contributed by atoms with Crippen LogP contribution in [-0.2, 0) is 9.47 Å². The molecule has 0 aromatic heterocycles. The van der Waals surface area contributed by atoms with Crippen LogP contribution in [-0.4, -0.2) is 31.0 Å². The van der Waals surface area contributed by atoms with Crippen LogP contribution in [0.1, 0.15) is 71.6 Å². The van der Waals surface area contributed by atoms with E-state index in [1.807, 2.05) is 0 Å². The number of hydrogen-bond donors (Lipinski definition) is 2. The Balaban J connectivity index is 2.02. The van der Waals surface area contributed by atoms with Gasteiger partial charge in [-0.15, -0.1) is 0 Å². The lowest BCUT2D eigenvalue weighted by Gasteiger charge is -2.46. The summed E-state index contributed by atoms with van der Waals surface area (Å²) in [6.07, 6.45) is 11.2. The van der Waals surface area contributed by atoms with Gasteiger partial charge in [0.1, 0.15) is 0 Å². The first-order chi connectivity index (χ1) is 10.2. The number of rotatable bonds is 7. The summed E-state index contributed by atoms with van der Waals surface area (Å²) in [6.45, 7) is 5.93. The summed E-state index contributed by atoms with van der Waals surface area (Å²) in [4.78, 5) is 0. The van der Waals surface area contributed by atoms with Gasteiger partial charge in [-0.1, -0.05) is 32.6 Å². The Hall–Kier alpha value is -0.160. The number of nitrogens with two attached hydrogens (primary N) is 1. The third kappa shape index (κ3) is 4.41. The summed E-state index contributed by atoms with van der Waals surface area (Å²) in [6, 6.07) is 0.257. The fourth-order valence-corrected chi connectivity index (χ4v) is 4.33. The molecule has 0 bridgehead atoms. The minimum Gasteiger partial charge on any atom is -0.377 e. The molecule has 1 spiro atoms. The lowest BCUT2D eigenvalue weighted by Crippen LogP contribution is -2.54. The van der Waals surface area contributed by atoms with Crippen LogP contribution in [0.25, 0.3) is 0 Å². The summed E-state index contributed by atoms with van der Waals surface area (Å²) in [5.41, 5.74) is 3.22. The van der Waals surface area contributed by atoms with Crippen LogP contribution in [0.4, 0.5) is 0 Å². The summed E-state index contributed by atoms with van der Waals surface area (Å²) in [5, 5.41) is 0. The molecule has 4 nitrogen and oxygen atoms in total. The fourth-order valence-electron chi connectivity index (χ4n) is 4.33. The van der Waals surface area contributed by atoms with Crippen molar-refractivity contribution in [1.29, 1.82) is 0 Å². The normalized spacial score (nSPS) is 28.4. The van der Waals surface area contributed by atoms with Gasteiger partial charge < -0.3 is 9.47 Å². The van der Waals surface area contributed by atoms with Crippen LogP contribution >= 0.6 is 0 Å². The predicted molar refractivity (Wildman–Crippen MR) is 85.9 cm³/mol. The fraction of sp³-hybridized carbons (Fsp3) is 1.00. The first-order valence-corrected chi connectivity index (χ1v) is 8.96. The van der Waals surface area contributed by atoms with Crippen LogP contribution in [0.3, 0.4) is 0 Å². The van der Waals surface area contributed by atoms with Crippen molar-refractivity contribution in [3.63, 3.8) is 0 Å². The average molecular weight is 298 g/mol. The van der Waals surface area contributed by atoms with Gasteiger partial charge >= 0.3 is 0 Å². The van der Waals surface area contributed by atoms with E-state index in [0.717, 1.165) is 38.9 Å². The van der Waals surface area contributed by atoms with Crippen molar-refractivity contribution in [1.82, 2.24) is 5.43 Å². The second-order valence-electron chi connectivity index (χ2n) is 6.82. The first-order valence-electron chi connectivity index (χ1n) is 8.96. The standard InChI is InChI=1S/C17H34N2O2/c1-3-8-15(20-4-2)16(19-18)14-9-12-21-17(13-14)10-6-5-7-11-17/h14-16,19H,3-13,18H2,1-2H3. The molecule has 0 aromatic rings. The van der Waals surface area contributed by atoms with Crippen molar-refractivity contribution >= 4 is 0 Å². The second kappa shape index (κ2) is 8.47. The lowest BCUT2D eigenvalue weighted by atomic mass is 9.73. The molecule has 4 heteroatoms. The maximum Gasteiger partial charge on any atom is 0.0743 e. The molecule has 1 saturated heterocycles. The van der Waals surface area contributed by atoms with E-state index >= 15 is 0 Å². The van der Waals surface area contributed by atoms with Crippen LogP contribution in [0.15, 0.2) is 0 Å². The quantitative estimate of drug-likeness (QED) is 0.560. The van der Waals surface area contributed by atoms with Crippen LogP contribution in [0.5, 0.6) is 0 Å². The van der Waals surface area contributed by atoms with Gasteiger partial charge in [-0.25, -0.2) is 0 Å². The van der Waals surface area contributed by atoms with E-state index in [1.165, 1.54) is 32.1 Å². The summed E-state index contributed by atoms with van der Waals surface area (Å²) in [7, 11) is 0.